The van der Waals surface area contributed by atoms with E-state index in [0.29, 0.717) is 46.6 Å². The molecule has 1 atom stereocenters. The lowest BCUT2D eigenvalue weighted by atomic mass is 10.1. The summed E-state index contributed by atoms with van der Waals surface area (Å²) in [5.74, 6) is -1.88. The smallest absolute Gasteiger partial charge is 0.275 e. The second kappa shape index (κ2) is 7.81. The summed E-state index contributed by atoms with van der Waals surface area (Å²) in [5, 5.41) is 4.37. The first-order chi connectivity index (χ1) is 15.4. The molecular formula is C23H20F3N5O. The Balaban J connectivity index is 1.41. The van der Waals surface area contributed by atoms with E-state index in [1.165, 1.54) is 12.1 Å². The van der Waals surface area contributed by atoms with Crippen molar-refractivity contribution >= 4 is 16.9 Å². The third kappa shape index (κ3) is 3.63. The first kappa shape index (κ1) is 20.3. The van der Waals surface area contributed by atoms with Gasteiger partial charge in [0.1, 0.15) is 11.6 Å². The predicted molar refractivity (Wildman–Crippen MR) is 112 cm³/mol. The van der Waals surface area contributed by atoms with Gasteiger partial charge in [-0.3, -0.25) is 9.48 Å². The van der Waals surface area contributed by atoms with Crippen LogP contribution in [0.25, 0.3) is 22.2 Å². The molecule has 2 aromatic carbocycles. The Morgan fingerprint density at radius 1 is 1.16 bits per heavy atom. The topological polar surface area (TPSA) is 66.8 Å². The van der Waals surface area contributed by atoms with Gasteiger partial charge < -0.3 is 9.88 Å². The number of amides is 1. The number of hydrogen-bond donors (Lipinski definition) is 1. The number of H-pyrrole nitrogens is 1. The van der Waals surface area contributed by atoms with E-state index in [4.69, 9.17) is 0 Å². The average Bonchev–Trinajstić information content (AvgIpc) is 3.47. The van der Waals surface area contributed by atoms with Crippen molar-refractivity contribution in [2.24, 2.45) is 7.05 Å². The van der Waals surface area contributed by atoms with Gasteiger partial charge in [-0.2, -0.15) is 5.10 Å². The zero-order valence-electron chi connectivity index (χ0n) is 17.3. The number of nitrogens with one attached hydrogen (secondary N) is 1. The second-order valence-electron chi connectivity index (χ2n) is 8.04. The fraction of sp³-hybridized carbons (Fsp3) is 0.261. The number of benzene rings is 2. The minimum absolute atomic E-state index is 0.124. The first-order valence-corrected chi connectivity index (χ1v) is 10.3. The van der Waals surface area contributed by atoms with Gasteiger partial charge in [0.05, 0.1) is 11.0 Å². The molecule has 1 aliphatic rings. The van der Waals surface area contributed by atoms with Crippen LogP contribution in [0.3, 0.4) is 0 Å². The van der Waals surface area contributed by atoms with Gasteiger partial charge in [0.15, 0.2) is 17.3 Å². The van der Waals surface area contributed by atoms with Gasteiger partial charge >= 0.3 is 0 Å². The molecule has 6 nitrogen and oxygen atoms in total. The van der Waals surface area contributed by atoms with Crippen LogP contribution in [0, 0.1) is 17.5 Å². The molecule has 0 saturated carbocycles. The Morgan fingerprint density at radius 3 is 2.69 bits per heavy atom. The number of carbonyl (C=O) groups is 1. The zero-order chi connectivity index (χ0) is 22.4. The Morgan fingerprint density at radius 2 is 1.91 bits per heavy atom. The number of aromatic nitrogens is 4. The number of carbonyl (C=O) groups excluding carboxylic acids is 1. The molecule has 1 aliphatic heterocycles. The number of fused-ring (bicyclic) bond motifs is 1. The second-order valence-corrected chi connectivity index (χ2v) is 8.04. The molecule has 4 aromatic rings. The quantitative estimate of drug-likeness (QED) is 0.518. The number of likely N-dealkylation sites (tertiary alicyclic amines) is 1. The number of nitrogens with zero attached hydrogens (tertiary/aromatic N) is 4. The van der Waals surface area contributed by atoms with E-state index in [1.54, 1.807) is 35.0 Å². The normalized spacial score (nSPS) is 16.2. The summed E-state index contributed by atoms with van der Waals surface area (Å²) >= 11 is 0. The lowest BCUT2D eigenvalue weighted by Crippen LogP contribution is -2.37. The van der Waals surface area contributed by atoms with Gasteiger partial charge in [0, 0.05) is 49.9 Å². The summed E-state index contributed by atoms with van der Waals surface area (Å²) in [6, 6.07) is 7.97. The number of rotatable bonds is 4. The van der Waals surface area contributed by atoms with Crippen molar-refractivity contribution in [1.29, 1.82) is 0 Å². The van der Waals surface area contributed by atoms with Gasteiger partial charge in [-0.25, -0.2) is 18.2 Å². The Kier molecular flexibility index (Phi) is 4.96. The molecule has 3 heterocycles. The van der Waals surface area contributed by atoms with Crippen molar-refractivity contribution in [2.45, 2.75) is 25.3 Å². The molecule has 0 spiro atoms. The Labute approximate surface area is 181 Å². The predicted octanol–water partition coefficient (Wildman–Crippen LogP) is 4.23. The van der Waals surface area contributed by atoms with E-state index in [9.17, 15) is 18.0 Å². The monoisotopic (exact) mass is 439 g/mol. The lowest BCUT2D eigenvalue weighted by molar-refractivity contribution is 0.0729. The summed E-state index contributed by atoms with van der Waals surface area (Å²) in [5.41, 5.74) is 2.41. The number of aromatic amines is 1. The van der Waals surface area contributed by atoms with E-state index < -0.39 is 11.6 Å². The van der Waals surface area contributed by atoms with E-state index in [1.807, 2.05) is 0 Å². The van der Waals surface area contributed by atoms with Crippen LogP contribution in [0.15, 0.2) is 42.6 Å². The summed E-state index contributed by atoms with van der Waals surface area (Å²) in [6.07, 6.45) is 3.79. The number of hydrogen-bond acceptors (Lipinski definition) is 3. The fourth-order valence-corrected chi connectivity index (χ4v) is 4.32. The number of aryl methyl sites for hydroxylation is 1. The zero-order valence-corrected chi connectivity index (χ0v) is 17.3. The summed E-state index contributed by atoms with van der Waals surface area (Å²) < 4.78 is 41.9. The van der Waals surface area contributed by atoms with Gasteiger partial charge in [-0.05, 0) is 30.5 Å². The molecular weight excluding hydrogens is 419 g/mol. The van der Waals surface area contributed by atoms with Crippen LogP contribution in [-0.4, -0.2) is 43.1 Å². The van der Waals surface area contributed by atoms with Gasteiger partial charge in [-0.15, -0.1) is 0 Å². The standard InChI is InChI=1S/C23H20F3N5O/c1-30-12-16(13-4-6-14(24)7-5-13)22(29-30)23(32)31-8-2-3-15(31)9-21-27-19-10-17(25)18(26)11-20(19)28-21/h4-7,10-12,15H,2-3,8-9H2,1H3,(H,27,28)/t15-/m0/s1. The molecule has 32 heavy (non-hydrogen) atoms. The maximum Gasteiger partial charge on any atom is 0.275 e. The summed E-state index contributed by atoms with van der Waals surface area (Å²) in [6.45, 7) is 0.576. The minimum atomic E-state index is -0.948. The molecule has 0 bridgehead atoms. The maximum atomic E-state index is 13.5. The van der Waals surface area contributed by atoms with Crippen LogP contribution in [0.1, 0.15) is 29.2 Å². The largest absolute Gasteiger partial charge is 0.342 e. The van der Waals surface area contributed by atoms with Crippen molar-refractivity contribution in [2.75, 3.05) is 6.54 Å². The van der Waals surface area contributed by atoms with Crippen LogP contribution in [0.2, 0.25) is 0 Å². The molecule has 164 valence electrons. The highest BCUT2D eigenvalue weighted by atomic mass is 19.2. The Bertz CT molecular complexity index is 1270. The van der Waals surface area contributed by atoms with E-state index in [2.05, 4.69) is 15.1 Å². The van der Waals surface area contributed by atoms with Crippen molar-refractivity contribution in [3.05, 3.63) is 71.6 Å². The molecule has 0 unspecified atom stereocenters. The van der Waals surface area contributed by atoms with Crippen molar-refractivity contribution in [1.82, 2.24) is 24.6 Å². The van der Waals surface area contributed by atoms with E-state index in [-0.39, 0.29) is 17.8 Å². The molecule has 2 aromatic heterocycles. The number of halogens is 3. The minimum Gasteiger partial charge on any atom is -0.342 e. The van der Waals surface area contributed by atoms with E-state index in [0.717, 1.165) is 25.0 Å². The summed E-state index contributed by atoms with van der Waals surface area (Å²) in [4.78, 5) is 22.6. The van der Waals surface area contributed by atoms with Crippen LogP contribution in [-0.2, 0) is 13.5 Å². The molecule has 1 saturated heterocycles. The molecule has 9 heteroatoms. The average molecular weight is 439 g/mol. The van der Waals surface area contributed by atoms with Crippen LogP contribution >= 0.6 is 0 Å². The highest BCUT2D eigenvalue weighted by Gasteiger charge is 2.33. The van der Waals surface area contributed by atoms with Gasteiger partial charge in [0.25, 0.3) is 5.91 Å². The molecule has 1 N–H and O–H groups in total. The SMILES string of the molecule is Cn1cc(-c2ccc(F)cc2)c(C(=O)N2CCC[C@H]2Cc2nc3cc(F)c(F)cc3[nH]2)n1. The molecule has 1 fully saturated rings. The van der Waals surface area contributed by atoms with E-state index >= 15 is 0 Å². The molecule has 0 radical (unpaired) electrons. The van der Waals surface area contributed by atoms with Crippen molar-refractivity contribution in [3.8, 4) is 11.1 Å². The lowest BCUT2D eigenvalue weighted by Gasteiger charge is -2.23. The Hall–Kier alpha value is -3.62. The summed E-state index contributed by atoms with van der Waals surface area (Å²) in [7, 11) is 1.73. The number of imidazole rings is 1. The third-order valence-electron chi connectivity index (χ3n) is 5.83. The fourth-order valence-electron chi connectivity index (χ4n) is 4.32. The van der Waals surface area contributed by atoms with Crippen molar-refractivity contribution < 1.29 is 18.0 Å². The molecule has 5 rings (SSSR count). The van der Waals surface area contributed by atoms with Gasteiger partial charge in [-0.1, -0.05) is 12.1 Å². The molecule has 0 aliphatic carbocycles. The first-order valence-electron chi connectivity index (χ1n) is 10.3. The van der Waals surface area contributed by atoms with Crippen LogP contribution in [0.4, 0.5) is 13.2 Å². The van der Waals surface area contributed by atoms with Crippen LogP contribution in [0.5, 0.6) is 0 Å². The third-order valence-corrected chi connectivity index (χ3v) is 5.83. The highest BCUT2D eigenvalue weighted by Crippen LogP contribution is 2.28. The molecule has 1 amide bonds. The van der Waals surface area contributed by atoms with Gasteiger partial charge in [0.2, 0.25) is 0 Å². The van der Waals surface area contributed by atoms with Crippen LogP contribution < -0.4 is 0 Å². The maximum absolute atomic E-state index is 13.5. The van der Waals surface area contributed by atoms with Crippen molar-refractivity contribution in [3.63, 3.8) is 0 Å². The highest BCUT2D eigenvalue weighted by molar-refractivity contribution is 5.99.